The molecule has 7 nitrogen and oxygen atoms in total. The van der Waals surface area contributed by atoms with E-state index < -0.39 is 5.60 Å². The Morgan fingerprint density at radius 3 is 2.68 bits per heavy atom. The van der Waals surface area contributed by atoms with Gasteiger partial charge in [-0.05, 0) is 69.8 Å². The van der Waals surface area contributed by atoms with Crippen molar-refractivity contribution in [2.45, 2.75) is 64.1 Å². The largest absolute Gasteiger partial charge is 0.390 e. The Kier molecular flexibility index (Phi) is 4.80. The van der Waals surface area contributed by atoms with Crippen molar-refractivity contribution >= 4 is 17.5 Å². The first-order valence-corrected chi connectivity index (χ1v) is 11.2. The van der Waals surface area contributed by atoms with Gasteiger partial charge in [-0.1, -0.05) is 0 Å². The number of anilines is 2. The van der Waals surface area contributed by atoms with Gasteiger partial charge in [0.15, 0.2) is 5.69 Å². The predicted molar refractivity (Wildman–Crippen MR) is 115 cm³/mol. The molecular weight excluding hydrogens is 397 g/mol. The van der Waals surface area contributed by atoms with Gasteiger partial charge in [-0.2, -0.15) is 5.10 Å². The third-order valence-corrected chi connectivity index (χ3v) is 7.58. The van der Waals surface area contributed by atoms with Crippen LogP contribution in [0.4, 0.5) is 16.0 Å². The van der Waals surface area contributed by atoms with Crippen LogP contribution in [0.1, 0.15) is 55.1 Å². The van der Waals surface area contributed by atoms with E-state index in [-0.39, 0.29) is 17.8 Å². The lowest BCUT2D eigenvalue weighted by atomic mass is 9.52. The van der Waals surface area contributed by atoms with Crippen LogP contribution in [-0.2, 0) is 6.54 Å². The van der Waals surface area contributed by atoms with E-state index in [9.17, 15) is 14.3 Å². The zero-order chi connectivity index (χ0) is 21.9. The summed E-state index contributed by atoms with van der Waals surface area (Å²) in [7, 11) is 1.80. The lowest BCUT2D eigenvalue weighted by Gasteiger charge is -2.58. The Bertz CT molecular complexity index is 1010. The van der Waals surface area contributed by atoms with Crippen molar-refractivity contribution < 1.29 is 14.3 Å². The summed E-state index contributed by atoms with van der Waals surface area (Å²) in [6.45, 7) is 4.41. The third kappa shape index (κ3) is 3.41. The Hall–Kier alpha value is -2.48. The quantitative estimate of drug-likeness (QED) is 0.766. The van der Waals surface area contributed by atoms with Crippen molar-refractivity contribution in [1.82, 2.24) is 20.1 Å². The van der Waals surface area contributed by atoms with Crippen LogP contribution in [-0.4, -0.2) is 44.5 Å². The van der Waals surface area contributed by atoms with Crippen LogP contribution in [0.25, 0.3) is 0 Å². The lowest BCUT2D eigenvalue weighted by molar-refractivity contribution is -0.136. The van der Waals surface area contributed by atoms with Crippen molar-refractivity contribution in [1.29, 1.82) is 0 Å². The number of carbonyl (C=O) groups is 1. The summed E-state index contributed by atoms with van der Waals surface area (Å²) in [5.74, 6) is 1.93. The van der Waals surface area contributed by atoms with E-state index in [0.29, 0.717) is 35.8 Å². The standard InChI is InChI=1S/C23H30FN5O2/c1-4-29-22(28(3)18-9-17(24)5-6-25-18)13(2)19(27-29)21(30)26-20-15-7-14-8-16(20)12-23(31,10-14)11-15/h5-6,9,14-16,20,31H,4,7-8,10-12H2,1-3H3,(H,26,30). The van der Waals surface area contributed by atoms with Crippen LogP contribution in [0.2, 0.25) is 0 Å². The van der Waals surface area contributed by atoms with Crippen LogP contribution in [0.15, 0.2) is 18.3 Å². The summed E-state index contributed by atoms with van der Waals surface area (Å²) < 4.78 is 15.5. The number of hydrogen-bond acceptors (Lipinski definition) is 5. The van der Waals surface area contributed by atoms with E-state index in [1.54, 1.807) is 16.6 Å². The van der Waals surface area contributed by atoms with E-state index in [4.69, 9.17) is 0 Å². The molecule has 0 aliphatic heterocycles. The molecule has 4 aliphatic rings. The number of nitrogens with zero attached hydrogens (tertiary/aromatic N) is 4. The molecule has 1 amide bonds. The fraction of sp³-hybridized carbons (Fsp3) is 0.609. The average Bonchev–Trinajstić information content (AvgIpc) is 3.05. The molecule has 8 heteroatoms. The maximum atomic E-state index is 13.7. The van der Waals surface area contributed by atoms with Gasteiger partial charge in [-0.3, -0.25) is 4.79 Å². The first-order chi connectivity index (χ1) is 14.8. The van der Waals surface area contributed by atoms with Gasteiger partial charge in [-0.25, -0.2) is 14.1 Å². The SMILES string of the molecule is CCn1nc(C(=O)NC2C3CC4CC2CC(O)(C4)C3)c(C)c1N(C)c1cc(F)ccn1. The second-order valence-electron chi connectivity index (χ2n) is 9.70. The van der Waals surface area contributed by atoms with Gasteiger partial charge in [0.1, 0.15) is 17.5 Å². The third-order valence-electron chi connectivity index (χ3n) is 7.58. The van der Waals surface area contributed by atoms with E-state index in [0.717, 1.165) is 43.5 Å². The summed E-state index contributed by atoms with van der Waals surface area (Å²) in [5.41, 5.74) is 0.619. The van der Waals surface area contributed by atoms with E-state index in [1.807, 2.05) is 13.8 Å². The van der Waals surface area contributed by atoms with Gasteiger partial charge in [0.25, 0.3) is 5.91 Å². The molecule has 2 atom stereocenters. The Morgan fingerprint density at radius 2 is 2.06 bits per heavy atom. The van der Waals surface area contributed by atoms with Crippen LogP contribution in [0.3, 0.4) is 0 Å². The molecule has 2 aromatic rings. The Balaban J connectivity index is 1.40. The van der Waals surface area contributed by atoms with Crippen LogP contribution in [0.5, 0.6) is 0 Å². The summed E-state index contributed by atoms with van der Waals surface area (Å²) in [6.07, 6.45) is 6.09. The monoisotopic (exact) mass is 427 g/mol. The smallest absolute Gasteiger partial charge is 0.272 e. The number of rotatable bonds is 5. The van der Waals surface area contributed by atoms with Gasteiger partial charge in [0, 0.05) is 37.5 Å². The van der Waals surface area contributed by atoms with Crippen molar-refractivity contribution in [3.8, 4) is 0 Å². The highest BCUT2D eigenvalue weighted by molar-refractivity contribution is 5.95. The molecule has 2 heterocycles. The fourth-order valence-electron chi connectivity index (χ4n) is 6.53. The molecule has 0 aromatic carbocycles. The van der Waals surface area contributed by atoms with Gasteiger partial charge >= 0.3 is 0 Å². The Morgan fingerprint density at radius 1 is 1.35 bits per heavy atom. The maximum Gasteiger partial charge on any atom is 0.272 e. The van der Waals surface area contributed by atoms with Crippen LogP contribution < -0.4 is 10.2 Å². The normalized spacial score (nSPS) is 31.1. The second kappa shape index (κ2) is 7.29. The predicted octanol–water partition coefficient (Wildman–Crippen LogP) is 3.18. The van der Waals surface area contributed by atoms with Gasteiger partial charge < -0.3 is 15.3 Å². The van der Waals surface area contributed by atoms with Crippen molar-refractivity contribution in [3.63, 3.8) is 0 Å². The average molecular weight is 428 g/mol. The number of amides is 1. The van der Waals surface area contributed by atoms with Crippen LogP contribution in [0, 0.1) is 30.5 Å². The minimum atomic E-state index is -0.523. The number of carbonyl (C=O) groups excluding carboxylic acids is 1. The molecule has 2 N–H and O–H groups in total. The van der Waals surface area contributed by atoms with Crippen LogP contribution >= 0.6 is 0 Å². The summed E-state index contributed by atoms with van der Waals surface area (Å²) in [6, 6.07) is 2.77. The molecule has 166 valence electrons. The Labute approximate surface area is 181 Å². The first-order valence-electron chi connectivity index (χ1n) is 11.2. The molecule has 6 rings (SSSR count). The molecule has 4 bridgehead atoms. The lowest BCUT2D eigenvalue weighted by Crippen LogP contribution is -2.61. The van der Waals surface area contributed by atoms with Crippen molar-refractivity contribution in [2.75, 3.05) is 11.9 Å². The molecule has 0 spiro atoms. The fourth-order valence-corrected chi connectivity index (χ4v) is 6.53. The number of hydrogen-bond donors (Lipinski definition) is 2. The molecule has 0 saturated heterocycles. The van der Waals surface area contributed by atoms with E-state index >= 15 is 0 Å². The molecule has 4 fully saturated rings. The molecule has 4 aliphatic carbocycles. The molecular formula is C23H30FN5O2. The second-order valence-corrected chi connectivity index (χ2v) is 9.70. The van der Waals surface area contributed by atoms with Gasteiger partial charge in [0.05, 0.1) is 5.60 Å². The van der Waals surface area contributed by atoms with Gasteiger partial charge in [0.2, 0.25) is 0 Å². The summed E-state index contributed by atoms with van der Waals surface area (Å²) >= 11 is 0. The highest BCUT2D eigenvalue weighted by Gasteiger charge is 2.55. The highest BCUT2D eigenvalue weighted by Crippen LogP contribution is 2.55. The minimum Gasteiger partial charge on any atom is -0.390 e. The number of nitrogens with one attached hydrogen (secondary N) is 1. The van der Waals surface area contributed by atoms with E-state index in [1.165, 1.54) is 18.3 Å². The summed E-state index contributed by atoms with van der Waals surface area (Å²) in [5, 5.41) is 18.7. The number of halogens is 1. The molecule has 2 unspecified atom stereocenters. The summed E-state index contributed by atoms with van der Waals surface area (Å²) in [4.78, 5) is 19.3. The molecule has 0 radical (unpaired) electrons. The maximum absolute atomic E-state index is 13.7. The minimum absolute atomic E-state index is 0.0987. The number of aliphatic hydroxyl groups is 1. The van der Waals surface area contributed by atoms with Crippen molar-refractivity contribution in [2.24, 2.45) is 17.8 Å². The molecule has 31 heavy (non-hydrogen) atoms. The van der Waals surface area contributed by atoms with E-state index in [2.05, 4.69) is 15.4 Å². The zero-order valence-electron chi connectivity index (χ0n) is 18.3. The zero-order valence-corrected chi connectivity index (χ0v) is 18.3. The topological polar surface area (TPSA) is 83.3 Å². The first kappa shape index (κ1) is 20.4. The number of pyridine rings is 1. The molecule has 4 saturated carbocycles. The number of aryl methyl sites for hydroxylation is 1. The van der Waals surface area contributed by atoms with Gasteiger partial charge in [-0.15, -0.1) is 0 Å². The van der Waals surface area contributed by atoms with Crippen molar-refractivity contribution in [3.05, 3.63) is 35.4 Å². The molecule has 2 aromatic heterocycles. The highest BCUT2D eigenvalue weighted by atomic mass is 19.1. The number of aromatic nitrogens is 3.